The number of nitrogens with one attached hydrogen (secondary N) is 1. The summed E-state index contributed by atoms with van der Waals surface area (Å²) in [5, 5.41) is 3.39. The van der Waals surface area contributed by atoms with Crippen molar-refractivity contribution in [3.05, 3.63) is 47.7 Å². The van der Waals surface area contributed by atoms with Gasteiger partial charge in [-0.25, -0.2) is 0 Å². The molecule has 2 heterocycles. The second-order valence-electron chi connectivity index (χ2n) is 4.61. The van der Waals surface area contributed by atoms with E-state index in [0.717, 1.165) is 5.69 Å². The first-order valence-corrected chi connectivity index (χ1v) is 8.42. The van der Waals surface area contributed by atoms with E-state index < -0.39 is 10.0 Å². The molecule has 2 aromatic rings. The Morgan fingerprint density at radius 1 is 1.32 bits per heavy atom. The van der Waals surface area contributed by atoms with Gasteiger partial charge >= 0.3 is 0 Å². The Labute approximate surface area is 133 Å². The molecular formula is C14H13ClN4O2S. The predicted octanol–water partition coefficient (Wildman–Crippen LogP) is 2.73. The van der Waals surface area contributed by atoms with Crippen molar-refractivity contribution < 1.29 is 8.42 Å². The lowest BCUT2D eigenvalue weighted by Crippen LogP contribution is -2.39. The highest BCUT2D eigenvalue weighted by molar-refractivity contribution is 7.90. The Hall–Kier alpha value is -2.12. The molecule has 0 amide bonds. The van der Waals surface area contributed by atoms with Crippen LogP contribution in [0.5, 0.6) is 0 Å². The summed E-state index contributed by atoms with van der Waals surface area (Å²) in [7, 11) is -3.80. The Kier molecular flexibility index (Phi) is 3.76. The Morgan fingerprint density at radius 3 is 2.82 bits per heavy atom. The fraction of sp³-hybridized carbons (Fsp3) is 0.143. The van der Waals surface area contributed by atoms with Crippen LogP contribution in [0.3, 0.4) is 0 Å². The van der Waals surface area contributed by atoms with Crippen molar-refractivity contribution in [3.63, 3.8) is 0 Å². The van der Waals surface area contributed by atoms with Gasteiger partial charge in [-0.3, -0.25) is 4.98 Å². The van der Waals surface area contributed by atoms with E-state index in [2.05, 4.69) is 14.7 Å². The van der Waals surface area contributed by atoms with Crippen molar-refractivity contribution in [2.75, 3.05) is 16.8 Å². The second-order valence-corrected chi connectivity index (χ2v) is 6.62. The van der Waals surface area contributed by atoms with E-state index in [4.69, 9.17) is 11.6 Å². The van der Waals surface area contributed by atoms with Crippen LogP contribution in [0.2, 0.25) is 5.02 Å². The lowest BCUT2D eigenvalue weighted by molar-refractivity contribution is 0.597. The van der Waals surface area contributed by atoms with Crippen molar-refractivity contribution in [3.8, 4) is 0 Å². The smallest absolute Gasteiger partial charge is 0.287 e. The third-order valence-corrected chi connectivity index (χ3v) is 4.75. The molecule has 0 saturated carbocycles. The third kappa shape index (κ3) is 2.65. The number of fused-ring (bicyclic) bond motifs is 1. The molecule has 0 unspecified atom stereocenters. The summed E-state index contributed by atoms with van der Waals surface area (Å²) in [5.74, 6) is 0.241. The van der Waals surface area contributed by atoms with Crippen LogP contribution in [0.4, 0.5) is 11.4 Å². The highest BCUT2D eigenvalue weighted by Crippen LogP contribution is 2.31. The van der Waals surface area contributed by atoms with E-state index in [1.54, 1.807) is 35.5 Å². The quantitative estimate of drug-likeness (QED) is 0.912. The molecule has 1 aliphatic heterocycles. The number of sulfonamides is 1. The average molecular weight is 337 g/mol. The normalized spacial score (nSPS) is 15.5. The molecule has 6 nitrogen and oxygen atoms in total. The van der Waals surface area contributed by atoms with Crippen LogP contribution in [0, 0.1) is 0 Å². The summed E-state index contributed by atoms with van der Waals surface area (Å²) < 4.78 is 28.6. The van der Waals surface area contributed by atoms with Crippen LogP contribution in [-0.4, -0.2) is 25.9 Å². The van der Waals surface area contributed by atoms with Crippen LogP contribution in [-0.2, 0) is 10.0 Å². The van der Waals surface area contributed by atoms with E-state index in [0.29, 0.717) is 17.3 Å². The van der Waals surface area contributed by atoms with Crippen LogP contribution in [0.15, 0.2) is 52.0 Å². The summed E-state index contributed by atoms with van der Waals surface area (Å²) in [4.78, 5) is 5.86. The van der Waals surface area contributed by atoms with Crippen molar-refractivity contribution >= 4 is 39.0 Å². The Balaban J connectivity index is 2.07. The number of nitrogens with zero attached hydrogens (tertiary/aromatic N) is 3. The van der Waals surface area contributed by atoms with Gasteiger partial charge < -0.3 is 10.2 Å². The summed E-state index contributed by atoms with van der Waals surface area (Å²) in [6, 6.07) is 8.27. The number of anilines is 2. The SMILES string of the molecule is CCN(C1=NS(=O)(=O)c2cc(Cl)ccc2N1)c1cccnc1. The maximum Gasteiger partial charge on any atom is 0.287 e. The molecule has 0 fully saturated rings. The summed E-state index contributed by atoms with van der Waals surface area (Å²) >= 11 is 5.87. The molecule has 0 bridgehead atoms. The van der Waals surface area contributed by atoms with Crippen LogP contribution in [0.1, 0.15) is 6.92 Å². The van der Waals surface area contributed by atoms with Gasteiger partial charge in [0.25, 0.3) is 10.0 Å². The van der Waals surface area contributed by atoms with Gasteiger partial charge in [0.05, 0.1) is 17.6 Å². The van der Waals surface area contributed by atoms with Gasteiger partial charge in [-0.05, 0) is 37.3 Å². The number of pyridine rings is 1. The number of rotatable bonds is 2. The molecule has 1 aromatic heterocycles. The van der Waals surface area contributed by atoms with E-state index in [1.807, 2.05) is 13.0 Å². The number of hydrogen-bond donors (Lipinski definition) is 1. The number of aromatic nitrogens is 1. The maximum atomic E-state index is 12.4. The first-order chi connectivity index (χ1) is 10.5. The van der Waals surface area contributed by atoms with Gasteiger partial charge in [0.15, 0.2) is 0 Å². The lowest BCUT2D eigenvalue weighted by Gasteiger charge is -2.28. The van der Waals surface area contributed by atoms with E-state index in [-0.39, 0.29) is 10.9 Å². The molecule has 0 atom stereocenters. The average Bonchev–Trinajstić information content (AvgIpc) is 2.49. The first-order valence-electron chi connectivity index (χ1n) is 6.60. The molecule has 1 aromatic carbocycles. The van der Waals surface area contributed by atoms with Crippen LogP contribution >= 0.6 is 11.6 Å². The van der Waals surface area contributed by atoms with Gasteiger partial charge in [-0.2, -0.15) is 8.42 Å². The highest BCUT2D eigenvalue weighted by atomic mass is 35.5. The predicted molar refractivity (Wildman–Crippen MR) is 87.0 cm³/mol. The molecule has 22 heavy (non-hydrogen) atoms. The van der Waals surface area contributed by atoms with Crippen molar-refractivity contribution in [2.45, 2.75) is 11.8 Å². The number of benzene rings is 1. The zero-order chi connectivity index (χ0) is 15.7. The molecule has 0 saturated heterocycles. The molecule has 0 radical (unpaired) electrons. The molecule has 114 valence electrons. The zero-order valence-corrected chi connectivity index (χ0v) is 13.3. The monoisotopic (exact) mass is 336 g/mol. The number of hydrogen-bond acceptors (Lipinski definition) is 5. The molecule has 0 aliphatic carbocycles. The molecular weight excluding hydrogens is 324 g/mol. The van der Waals surface area contributed by atoms with E-state index in [9.17, 15) is 8.42 Å². The van der Waals surface area contributed by atoms with Crippen molar-refractivity contribution in [1.29, 1.82) is 0 Å². The summed E-state index contributed by atoms with van der Waals surface area (Å²) in [6.07, 6.45) is 3.30. The van der Waals surface area contributed by atoms with E-state index >= 15 is 0 Å². The van der Waals surface area contributed by atoms with Crippen molar-refractivity contribution in [1.82, 2.24) is 4.98 Å². The standard InChI is InChI=1S/C14H13ClN4O2S/c1-2-19(11-4-3-7-16-9-11)14-17-12-6-5-10(15)8-13(12)22(20,21)18-14/h3-9H,2H2,1H3,(H,17,18). The van der Waals surface area contributed by atoms with Gasteiger partial charge in [0.2, 0.25) is 5.96 Å². The summed E-state index contributed by atoms with van der Waals surface area (Å²) in [6.45, 7) is 2.44. The third-order valence-electron chi connectivity index (χ3n) is 3.20. The summed E-state index contributed by atoms with van der Waals surface area (Å²) in [5.41, 5.74) is 1.21. The highest BCUT2D eigenvalue weighted by Gasteiger charge is 2.28. The Bertz CT molecular complexity index is 837. The molecule has 8 heteroatoms. The lowest BCUT2D eigenvalue weighted by atomic mass is 10.3. The molecule has 3 rings (SSSR count). The topological polar surface area (TPSA) is 74.7 Å². The Morgan fingerprint density at radius 2 is 2.14 bits per heavy atom. The van der Waals surface area contributed by atoms with Crippen molar-refractivity contribution in [2.24, 2.45) is 4.40 Å². The molecule has 1 N–H and O–H groups in total. The molecule has 1 aliphatic rings. The number of guanidine groups is 1. The van der Waals surface area contributed by atoms with Gasteiger partial charge in [0, 0.05) is 17.8 Å². The van der Waals surface area contributed by atoms with Gasteiger partial charge in [-0.15, -0.1) is 4.40 Å². The minimum absolute atomic E-state index is 0.0750. The van der Waals surface area contributed by atoms with Crippen LogP contribution < -0.4 is 10.2 Å². The van der Waals surface area contributed by atoms with Gasteiger partial charge in [-0.1, -0.05) is 11.6 Å². The molecule has 0 spiro atoms. The van der Waals surface area contributed by atoms with Gasteiger partial charge in [0.1, 0.15) is 4.90 Å². The maximum absolute atomic E-state index is 12.4. The minimum atomic E-state index is -3.80. The van der Waals surface area contributed by atoms with Crippen LogP contribution in [0.25, 0.3) is 0 Å². The number of halogens is 1. The fourth-order valence-corrected chi connectivity index (χ4v) is 3.58. The first kappa shape index (κ1) is 14.8. The van der Waals surface area contributed by atoms with E-state index in [1.165, 1.54) is 6.07 Å². The fourth-order valence-electron chi connectivity index (χ4n) is 2.20. The minimum Gasteiger partial charge on any atom is -0.324 e. The largest absolute Gasteiger partial charge is 0.324 e. The zero-order valence-electron chi connectivity index (χ0n) is 11.7. The second kappa shape index (κ2) is 5.58.